The SMILES string of the molecule is CC(C)Cc1cc(C(=O)O)nnc1Cl. The number of carboxylic acids is 1. The lowest BCUT2D eigenvalue weighted by molar-refractivity contribution is 0.0689. The zero-order valence-electron chi connectivity index (χ0n) is 7.99. The summed E-state index contributed by atoms with van der Waals surface area (Å²) >= 11 is 5.78. The fourth-order valence-electron chi connectivity index (χ4n) is 1.10. The fraction of sp³-hybridized carbons (Fsp3) is 0.444. The third-order valence-electron chi connectivity index (χ3n) is 1.67. The predicted molar refractivity (Wildman–Crippen MR) is 52.5 cm³/mol. The normalized spacial score (nSPS) is 10.6. The summed E-state index contributed by atoms with van der Waals surface area (Å²) in [5.41, 5.74) is 0.666. The smallest absolute Gasteiger partial charge is 0.356 e. The first-order valence-electron chi connectivity index (χ1n) is 4.26. The molecule has 5 heteroatoms. The Hall–Kier alpha value is -1.16. The molecule has 1 aromatic heterocycles. The fourth-order valence-corrected chi connectivity index (χ4v) is 1.27. The molecular formula is C9H11ClN2O2. The molecule has 14 heavy (non-hydrogen) atoms. The number of carboxylic acid groups (broad SMARTS) is 1. The van der Waals surface area contributed by atoms with Crippen LogP contribution >= 0.6 is 11.6 Å². The van der Waals surface area contributed by atoms with Gasteiger partial charge in [0.1, 0.15) is 0 Å². The van der Waals surface area contributed by atoms with E-state index in [-0.39, 0.29) is 10.8 Å². The molecule has 1 heterocycles. The lowest BCUT2D eigenvalue weighted by Gasteiger charge is -2.06. The van der Waals surface area contributed by atoms with Crippen LogP contribution in [0.3, 0.4) is 0 Å². The van der Waals surface area contributed by atoms with E-state index in [4.69, 9.17) is 16.7 Å². The Balaban J connectivity index is 3.02. The van der Waals surface area contributed by atoms with E-state index in [0.29, 0.717) is 12.3 Å². The van der Waals surface area contributed by atoms with Crippen LogP contribution in [-0.2, 0) is 6.42 Å². The Morgan fingerprint density at radius 2 is 2.21 bits per heavy atom. The van der Waals surface area contributed by atoms with Crippen molar-refractivity contribution in [2.24, 2.45) is 5.92 Å². The maximum Gasteiger partial charge on any atom is 0.356 e. The maximum absolute atomic E-state index is 10.6. The minimum absolute atomic E-state index is 0.0648. The van der Waals surface area contributed by atoms with Crippen molar-refractivity contribution in [1.29, 1.82) is 0 Å². The Morgan fingerprint density at radius 3 is 2.71 bits per heavy atom. The van der Waals surface area contributed by atoms with Crippen molar-refractivity contribution < 1.29 is 9.90 Å². The van der Waals surface area contributed by atoms with Gasteiger partial charge in [-0.25, -0.2) is 4.79 Å². The molecule has 0 bridgehead atoms. The molecule has 0 aliphatic rings. The van der Waals surface area contributed by atoms with Crippen molar-refractivity contribution in [2.75, 3.05) is 0 Å². The number of nitrogens with zero attached hydrogens (tertiary/aromatic N) is 2. The van der Waals surface area contributed by atoms with Crippen LogP contribution < -0.4 is 0 Å². The van der Waals surface area contributed by atoms with Crippen LogP contribution in [0.15, 0.2) is 6.07 Å². The first kappa shape index (κ1) is 10.9. The van der Waals surface area contributed by atoms with Crippen molar-refractivity contribution in [3.05, 3.63) is 22.5 Å². The van der Waals surface area contributed by atoms with Crippen LogP contribution in [-0.4, -0.2) is 21.3 Å². The van der Waals surface area contributed by atoms with Crippen molar-refractivity contribution in [3.8, 4) is 0 Å². The van der Waals surface area contributed by atoms with Crippen LogP contribution in [0.5, 0.6) is 0 Å². The van der Waals surface area contributed by atoms with E-state index in [9.17, 15) is 4.79 Å². The summed E-state index contributed by atoms with van der Waals surface area (Å²) in [6.07, 6.45) is 0.703. The van der Waals surface area contributed by atoms with Crippen molar-refractivity contribution in [3.63, 3.8) is 0 Å². The molecule has 76 valence electrons. The number of halogens is 1. The minimum atomic E-state index is -1.08. The Labute approximate surface area is 86.9 Å². The van der Waals surface area contributed by atoms with Gasteiger partial charge in [-0.3, -0.25) is 0 Å². The van der Waals surface area contributed by atoms with Gasteiger partial charge in [-0.2, -0.15) is 0 Å². The third-order valence-corrected chi connectivity index (χ3v) is 1.99. The van der Waals surface area contributed by atoms with Crippen molar-refractivity contribution in [2.45, 2.75) is 20.3 Å². The molecule has 0 amide bonds. The van der Waals surface area contributed by atoms with Gasteiger partial charge in [-0.15, -0.1) is 10.2 Å². The highest BCUT2D eigenvalue weighted by Crippen LogP contribution is 2.16. The summed E-state index contributed by atoms with van der Waals surface area (Å²) in [4.78, 5) is 10.6. The van der Waals surface area contributed by atoms with Gasteiger partial charge in [0.05, 0.1) is 0 Å². The highest BCUT2D eigenvalue weighted by atomic mass is 35.5. The Kier molecular flexibility index (Phi) is 3.41. The molecule has 0 atom stereocenters. The number of hydrogen-bond donors (Lipinski definition) is 1. The summed E-state index contributed by atoms with van der Waals surface area (Å²) in [5, 5.41) is 16.0. The Bertz CT molecular complexity index is 353. The number of hydrogen-bond acceptors (Lipinski definition) is 3. The molecule has 0 aliphatic heterocycles. The molecule has 0 spiro atoms. The molecule has 0 saturated carbocycles. The first-order valence-corrected chi connectivity index (χ1v) is 4.64. The topological polar surface area (TPSA) is 63.1 Å². The average molecular weight is 215 g/mol. The van der Waals surface area contributed by atoms with Gasteiger partial charge in [0.15, 0.2) is 10.8 Å². The second-order valence-electron chi connectivity index (χ2n) is 3.45. The highest BCUT2D eigenvalue weighted by Gasteiger charge is 2.11. The van der Waals surface area contributed by atoms with Gasteiger partial charge in [0.25, 0.3) is 0 Å². The van der Waals surface area contributed by atoms with Crippen LogP contribution in [0.4, 0.5) is 0 Å². The molecule has 4 nitrogen and oxygen atoms in total. The molecule has 0 aliphatic carbocycles. The molecule has 0 unspecified atom stereocenters. The zero-order chi connectivity index (χ0) is 10.7. The van der Waals surface area contributed by atoms with Gasteiger partial charge in [0, 0.05) is 0 Å². The van der Waals surface area contributed by atoms with Crippen LogP contribution in [0.25, 0.3) is 0 Å². The highest BCUT2D eigenvalue weighted by molar-refractivity contribution is 6.30. The molecule has 0 fully saturated rings. The number of carbonyl (C=O) groups is 1. The van der Waals surface area contributed by atoms with E-state index in [1.54, 1.807) is 0 Å². The minimum Gasteiger partial charge on any atom is -0.476 e. The molecule has 0 radical (unpaired) electrons. The van der Waals surface area contributed by atoms with Gasteiger partial charge in [-0.1, -0.05) is 25.4 Å². The molecule has 1 rings (SSSR count). The largest absolute Gasteiger partial charge is 0.476 e. The van der Waals surface area contributed by atoms with E-state index >= 15 is 0 Å². The summed E-state index contributed by atoms with van der Waals surface area (Å²) in [5.74, 6) is -0.683. The third kappa shape index (κ3) is 2.67. The van der Waals surface area contributed by atoms with Gasteiger partial charge in [0.2, 0.25) is 0 Å². The molecule has 0 aromatic carbocycles. The lowest BCUT2D eigenvalue weighted by atomic mass is 10.0. The monoisotopic (exact) mass is 214 g/mol. The zero-order valence-corrected chi connectivity index (χ0v) is 8.75. The maximum atomic E-state index is 10.6. The molecule has 0 saturated heterocycles. The van der Waals surface area contributed by atoms with Crippen molar-refractivity contribution >= 4 is 17.6 Å². The second kappa shape index (κ2) is 4.37. The number of rotatable bonds is 3. The van der Waals surface area contributed by atoms with E-state index in [2.05, 4.69) is 10.2 Å². The number of aromatic nitrogens is 2. The summed E-state index contributed by atoms with van der Waals surface area (Å²) in [7, 11) is 0. The quantitative estimate of drug-likeness (QED) is 0.836. The van der Waals surface area contributed by atoms with Gasteiger partial charge >= 0.3 is 5.97 Å². The summed E-state index contributed by atoms with van der Waals surface area (Å²) in [6, 6.07) is 1.47. The van der Waals surface area contributed by atoms with Gasteiger partial charge in [-0.05, 0) is 24.0 Å². The summed E-state index contributed by atoms with van der Waals surface area (Å²) < 4.78 is 0. The molecule has 1 N–H and O–H groups in total. The van der Waals surface area contributed by atoms with Crippen LogP contribution in [0.1, 0.15) is 29.9 Å². The predicted octanol–water partition coefficient (Wildman–Crippen LogP) is 2.03. The number of aromatic carboxylic acids is 1. The van der Waals surface area contributed by atoms with Crippen LogP contribution in [0, 0.1) is 5.92 Å². The van der Waals surface area contributed by atoms with Gasteiger partial charge < -0.3 is 5.11 Å². The second-order valence-corrected chi connectivity index (χ2v) is 3.81. The van der Waals surface area contributed by atoms with E-state index < -0.39 is 5.97 Å². The van der Waals surface area contributed by atoms with Crippen LogP contribution in [0.2, 0.25) is 5.15 Å². The first-order chi connectivity index (χ1) is 6.50. The van der Waals surface area contributed by atoms with E-state index in [0.717, 1.165) is 5.56 Å². The van der Waals surface area contributed by atoms with Crippen molar-refractivity contribution in [1.82, 2.24) is 10.2 Å². The standard InChI is InChI=1S/C9H11ClN2O2/c1-5(2)3-6-4-7(9(13)14)11-12-8(6)10/h4-5H,3H2,1-2H3,(H,13,14). The molecular weight excluding hydrogens is 204 g/mol. The average Bonchev–Trinajstić information content (AvgIpc) is 2.07. The van der Waals surface area contributed by atoms with E-state index in [1.807, 2.05) is 13.8 Å². The molecule has 1 aromatic rings. The van der Waals surface area contributed by atoms with E-state index in [1.165, 1.54) is 6.07 Å². The Morgan fingerprint density at radius 1 is 1.57 bits per heavy atom. The lowest BCUT2D eigenvalue weighted by Crippen LogP contribution is -2.06. The summed E-state index contributed by atoms with van der Waals surface area (Å²) in [6.45, 7) is 4.05.